The first-order valence-corrected chi connectivity index (χ1v) is 5.62. The van der Waals surface area contributed by atoms with E-state index in [1.807, 2.05) is 27.7 Å². The van der Waals surface area contributed by atoms with E-state index in [1.54, 1.807) is 0 Å². The molecule has 0 saturated heterocycles. The van der Waals surface area contributed by atoms with Gasteiger partial charge in [0.2, 0.25) is 0 Å². The first-order chi connectivity index (χ1) is 6.29. The summed E-state index contributed by atoms with van der Waals surface area (Å²) in [7, 11) is -0.847. The highest BCUT2D eigenvalue weighted by Gasteiger charge is 2.22. The highest BCUT2D eigenvalue weighted by molar-refractivity contribution is 7.43. The lowest BCUT2D eigenvalue weighted by Gasteiger charge is -2.16. The molecule has 14 heavy (non-hydrogen) atoms. The lowest BCUT2D eigenvalue weighted by Crippen LogP contribution is -2.05. The predicted octanol–water partition coefficient (Wildman–Crippen LogP) is 2.84. The van der Waals surface area contributed by atoms with Crippen molar-refractivity contribution in [1.29, 1.82) is 0 Å². The lowest BCUT2D eigenvalue weighted by molar-refractivity contribution is 0.229. The van der Waals surface area contributed by atoms with Gasteiger partial charge in [-0.2, -0.15) is 4.89 Å². The van der Waals surface area contributed by atoms with Crippen molar-refractivity contribution < 1.29 is 14.2 Å². The Bertz CT molecular complexity index is 280. The molecule has 3 nitrogen and oxygen atoms in total. The van der Waals surface area contributed by atoms with Crippen molar-refractivity contribution in [3.63, 3.8) is 0 Å². The predicted molar refractivity (Wildman–Crippen MR) is 57.4 cm³/mol. The van der Waals surface area contributed by atoms with Crippen LogP contribution >= 0.6 is 8.03 Å². The van der Waals surface area contributed by atoms with Gasteiger partial charge in [0.15, 0.2) is 0 Å². The van der Waals surface area contributed by atoms with E-state index in [2.05, 4.69) is 5.73 Å². The molecular weight excluding hydrogens is 199 g/mol. The highest BCUT2D eigenvalue weighted by Crippen LogP contribution is 2.29. The van der Waals surface area contributed by atoms with Gasteiger partial charge in [-0.25, -0.2) is 0 Å². The van der Waals surface area contributed by atoms with Crippen LogP contribution in [0, 0.1) is 5.41 Å². The topological polar surface area (TPSA) is 46.5 Å². The molecule has 0 fully saturated rings. The maximum atomic E-state index is 10.9. The van der Waals surface area contributed by atoms with Crippen molar-refractivity contribution in [3.8, 4) is 0 Å². The van der Waals surface area contributed by atoms with Crippen LogP contribution in [0.25, 0.3) is 0 Å². The maximum Gasteiger partial charge on any atom is 0.552 e. The maximum absolute atomic E-state index is 10.9. The van der Waals surface area contributed by atoms with Crippen LogP contribution in [0.1, 0.15) is 27.7 Å². The number of rotatable bonds is 3. The van der Waals surface area contributed by atoms with Crippen molar-refractivity contribution in [2.24, 2.45) is 5.41 Å². The summed E-state index contributed by atoms with van der Waals surface area (Å²) in [4.78, 5) is 8.97. The molecule has 0 heterocycles. The quantitative estimate of drug-likeness (QED) is 0.584. The minimum absolute atomic E-state index is 0.0374. The second kappa shape index (κ2) is 5.43. The molecule has 0 radical (unpaired) electrons. The van der Waals surface area contributed by atoms with Crippen LogP contribution in [0.3, 0.4) is 0 Å². The average molecular weight is 217 g/mol. The monoisotopic (exact) mass is 217 g/mol. The minimum Gasteiger partial charge on any atom is -0.375 e. The number of methoxy groups -OCH3 is 1. The van der Waals surface area contributed by atoms with Crippen LogP contribution in [-0.4, -0.2) is 18.6 Å². The fourth-order valence-corrected chi connectivity index (χ4v) is 1.18. The molecule has 0 rings (SSSR count). The minimum atomic E-state index is -2.34. The second-order valence-corrected chi connectivity index (χ2v) is 5.24. The first-order valence-electron chi connectivity index (χ1n) is 4.41. The van der Waals surface area contributed by atoms with Crippen LogP contribution in [-0.2, 0) is 9.30 Å². The van der Waals surface area contributed by atoms with Crippen LogP contribution in [0.15, 0.2) is 16.6 Å². The van der Waals surface area contributed by atoms with Gasteiger partial charge in [-0.3, -0.25) is 0 Å². The van der Waals surface area contributed by atoms with Gasteiger partial charge in [0, 0.05) is 7.11 Å². The third-order valence-electron chi connectivity index (χ3n) is 1.97. The highest BCUT2D eigenvalue weighted by atomic mass is 31.1. The van der Waals surface area contributed by atoms with Crippen molar-refractivity contribution >= 4 is 8.03 Å². The molecule has 80 valence electrons. The number of hydrogen-bond acceptors (Lipinski definition) is 2. The Morgan fingerprint density at radius 2 is 2.00 bits per heavy atom. The Labute approximate surface area is 86.3 Å². The Balaban J connectivity index is 5.15. The normalized spacial score (nSPS) is 12.0. The number of hydrogen-bond donors (Lipinski definition) is 1. The van der Waals surface area contributed by atoms with Gasteiger partial charge in [0.25, 0.3) is 5.31 Å². The zero-order valence-electron chi connectivity index (χ0n) is 9.42. The van der Waals surface area contributed by atoms with E-state index in [1.165, 1.54) is 7.11 Å². The third-order valence-corrected chi connectivity index (χ3v) is 2.67. The molecule has 0 spiro atoms. The Morgan fingerprint density at radius 1 is 1.50 bits per heavy atom. The second-order valence-electron chi connectivity index (χ2n) is 4.15. The van der Waals surface area contributed by atoms with Crippen molar-refractivity contribution in [2.45, 2.75) is 27.7 Å². The van der Waals surface area contributed by atoms with Crippen molar-refractivity contribution in [1.82, 2.24) is 0 Å². The fourth-order valence-electron chi connectivity index (χ4n) is 0.680. The summed E-state index contributed by atoms with van der Waals surface area (Å²) in [6, 6.07) is 0. The summed E-state index contributed by atoms with van der Waals surface area (Å²) in [5, 5.41) is 0.315. The van der Waals surface area contributed by atoms with Crippen molar-refractivity contribution in [2.75, 3.05) is 13.7 Å². The molecule has 0 aromatic heterocycles. The van der Waals surface area contributed by atoms with E-state index in [4.69, 9.17) is 9.63 Å². The standard InChI is InChI=1S/C10H17O3P/c1-8(10(2,3)4)6-9(7-13-5)14(11)12/h7H2,1-5H3/p+1. The largest absolute Gasteiger partial charge is 0.552 e. The summed E-state index contributed by atoms with van der Waals surface area (Å²) < 4.78 is 15.7. The summed E-state index contributed by atoms with van der Waals surface area (Å²) in [6.07, 6.45) is 0. The van der Waals surface area contributed by atoms with Gasteiger partial charge in [0.05, 0.1) is 0 Å². The van der Waals surface area contributed by atoms with Gasteiger partial charge in [-0.15, -0.1) is 0 Å². The zero-order valence-corrected chi connectivity index (χ0v) is 10.3. The van der Waals surface area contributed by atoms with Crippen LogP contribution in [0.4, 0.5) is 0 Å². The smallest absolute Gasteiger partial charge is 0.375 e. The van der Waals surface area contributed by atoms with Gasteiger partial charge >= 0.3 is 8.03 Å². The SMILES string of the molecule is COCC(=C=C(C)C(C)(C)C)[P+](=O)O. The summed E-state index contributed by atoms with van der Waals surface area (Å²) in [5.41, 5.74) is 3.84. The molecule has 1 N–H and O–H groups in total. The molecule has 0 aliphatic rings. The third kappa shape index (κ3) is 4.69. The van der Waals surface area contributed by atoms with E-state index in [0.29, 0.717) is 5.31 Å². The van der Waals surface area contributed by atoms with E-state index >= 15 is 0 Å². The molecule has 0 saturated carbocycles. The Morgan fingerprint density at radius 3 is 2.29 bits per heavy atom. The molecule has 1 unspecified atom stereocenters. The van der Waals surface area contributed by atoms with Crippen LogP contribution in [0.5, 0.6) is 0 Å². The van der Waals surface area contributed by atoms with Gasteiger partial charge in [-0.05, 0) is 22.5 Å². The summed E-state index contributed by atoms with van der Waals surface area (Å²) >= 11 is 0. The summed E-state index contributed by atoms with van der Waals surface area (Å²) in [6.45, 7) is 8.15. The fraction of sp³-hybridized carbons (Fsp3) is 0.700. The molecule has 0 aliphatic carbocycles. The molecule has 0 amide bonds. The Kier molecular flexibility index (Phi) is 5.25. The van der Waals surface area contributed by atoms with Crippen LogP contribution < -0.4 is 0 Å². The van der Waals surface area contributed by atoms with E-state index in [9.17, 15) is 4.57 Å². The average Bonchev–Trinajstić information content (AvgIpc) is 2.01. The van der Waals surface area contributed by atoms with E-state index in [-0.39, 0.29) is 12.0 Å². The molecule has 4 heteroatoms. The zero-order chi connectivity index (χ0) is 11.4. The van der Waals surface area contributed by atoms with Gasteiger partial charge in [0.1, 0.15) is 6.61 Å². The van der Waals surface area contributed by atoms with Gasteiger partial charge in [-0.1, -0.05) is 26.5 Å². The molecule has 0 aromatic rings. The first kappa shape index (κ1) is 13.5. The molecule has 1 atom stereocenters. The van der Waals surface area contributed by atoms with E-state index < -0.39 is 8.03 Å². The molecular formula is C10H18O3P+. The molecule has 0 bridgehead atoms. The number of ether oxygens (including phenoxy) is 1. The van der Waals surface area contributed by atoms with E-state index in [0.717, 1.165) is 5.57 Å². The molecule has 0 aliphatic heterocycles. The lowest BCUT2D eigenvalue weighted by atomic mass is 9.88. The molecule has 0 aromatic carbocycles. The van der Waals surface area contributed by atoms with Crippen molar-refractivity contribution in [3.05, 3.63) is 16.6 Å². The van der Waals surface area contributed by atoms with Gasteiger partial charge < -0.3 is 4.74 Å². The van der Waals surface area contributed by atoms with Crippen LogP contribution in [0.2, 0.25) is 0 Å². The Hall–Kier alpha value is -0.460. The summed E-state index contributed by atoms with van der Waals surface area (Å²) in [5.74, 6) is 0.